The van der Waals surface area contributed by atoms with Crippen LogP contribution in [0.1, 0.15) is 29.9 Å². The Bertz CT molecular complexity index is 418. The summed E-state index contributed by atoms with van der Waals surface area (Å²) >= 11 is 0. The third kappa shape index (κ3) is 3.79. The fourth-order valence-corrected chi connectivity index (χ4v) is 0.811. The fourth-order valence-electron chi connectivity index (χ4n) is 0.811. The van der Waals surface area contributed by atoms with Crippen LogP contribution < -0.4 is 0 Å². The Labute approximate surface area is 87.6 Å². The topological polar surface area (TPSA) is 70.4 Å². The highest BCUT2D eigenvalue weighted by molar-refractivity contribution is 5.87. The van der Waals surface area contributed by atoms with Crippen LogP contribution in [0, 0.1) is 11.8 Å². The quantitative estimate of drug-likeness (QED) is 0.668. The van der Waals surface area contributed by atoms with Gasteiger partial charge in [-0.1, -0.05) is 5.92 Å². The molecule has 2 N–H and O–H groups in total. The monoisotopic (exact) mass is 205 g/mol. The number of nitrogens with zero attached hydrogens (tertiary/aromatic N) is 1. The van der Waals surface area contributed by atoms with Crippen LogP contribution in [0.15, 0.2) is 18.3 Å². The third-order valence-corrected chi connectivity index (χ3v) is 1.51. The van der Waals surface area contributed by atoms with E-state index < -0.39 is 11.6 Å². The van der Waals surface area contributed by atoms with Crippen LogP contribution in [0.4, 0.5) is 0 Å². The van der Waals surface area contributed by atoms with Gasteiger partial charge in [0, 0.05) is 6.20 Å². The van der Waals surface area contributed by atoms with Crippen LogP contribution in [0.3, 0.4) is 0 Å². The van der Waals surface area contributed by atoms with Crippen molar-refractivity contribution in [3.8, 4) is 11.8 Å². The van der Waals surface area contributed by atoms with Gasteiger partial charge in [0.1, 0.15) is 11.3 Å². The van der Waals surface area contributed by atoms with Crippen molar-refractivity contribution in [1.29, 1.82) is 0 Å². The number of carboxylic acids is 1. The average Bonchev–Trinajstić information content (AvgIpc) is 2.14. The molecule has 0 aliphatic rings. The lowest BCUT2D eigenvalue weighted by atomic mass is 10.1. The second-order valence-electron chi connectivity index (χ2n) is 3.55. The van der Waals surface area contributed by atoms with Gasteiger partial charge < -0.3 is 10.2 Å². The smallest absolute Gasteiger partial charge is 0.337 e. The molecule has 4 heteroatoms. The van der Waals surface area contributed by atoms with Crippen molar-refractivity contribution in [2.45, 2.75) is 19.4 Å². The van der Waals surface area contributed by atoms with E-state index in [1.165, 1.54) is 18.3 Å². The first kappa shape index (κ1) is 11.2. The van der Waals surface area contributed by atoms with Gasteiger partial charge in [-0.15, -0.1) is 0 Å². The van der Waals surface area contributed by atoms with Gasteiger partial charge in [0.2, 0.25) is 0 Å². The molecule has 0 radical (unpaired) electrons. The molecule has 0 amide bonds. The minimum Gasteiger partial charge on any atom is -0.478 e. The van der Waals surface area contributed by atoms with Gasteiger partial charge in [-0.25, -0.2) is 9.78 Å². The van der Waals surface area contributed by atoms with Crippen LogP contribution in [-0.4, -0.2) is 26.8 Å². The van der Waals surface area contributed by atoms with Gasteiger partial charge in [0.15, 0.2) is 0 Å². The Hall–Kier alpha value is -1.86. The van der Waals surface area contributed by atoms with E-state index in [2.05, 4.69) is 16.8 Å². The molecular formula is C11H11NO3. The van der Waals surface area contributed by atoms with E-state index in [9.17, 15) is 9.90 Å². The highest BCUT2D eigenvalue weighted by Crippen LogP contribution is 2.01. The lowest BCUT2D eigenvalue weighted by Crippen LogP contribution is -2.14. The minimum atomic E-state index is -1.08. The number of aromatic carboxylic acids is 1. The summed E-state index contributed by atoms with van der Waals surface area (Å²) in [5.41, 5.74) is -0.529. The molecule has 0 spiro atoms. The highest BCUT2D eigenvalue weighted by Gasteiger charge is 2.06. The first-order valence-electron chi connectivity index (χ1n) is 4.33. The summed E-state index contributed by atoms with van der Waals surface area (Å²) in [6, 6.07) is 2.92. The maximum Gasteiger partial charge on any atom is 0.337 e. The lowest BCUT2D eigenvalue weighted by Gasteiger charge is -2.05. The van der Waals surface area contributed by atoms with Crippen molar-refractivity contribution >= 4 is 5.97 Å². The summed E-state index contributed by atoms with van der Waals surface area (Å²) in [6.07, 6.45) is 1.23. The maximum atomic E-state index is 10.5. The molecule has 0 aliphatic heterocycles. The van der Waals surface area contributed by atoms with Crippen molar-refractivity contribution < 1.29 is 15.0 Å². The number of rotatable bonds is 1. The Kier molecular flexibility index (Phi) is 3.08. The second kappa shape index (κ2) is 4.11. The molecule has 0 aliphatic carbocycles. The van der Waals surface area contributed by atoms with E-state index in [0.717, 1.165) is 0 Å². The molecule has 0 aromatic carbocycles. The summed E-state index contributed by atoms with van der Waals surface area (Å²) < 4.78 is 0. The summed E-state index contributed by atoms with van der Waals surface area (Å²) in [5.74, 6) is 4.21. The van der Waals surface area contributed by atoms with Gasteiger partial charge >= 0.3 is 5.97 Å². The molecule has 1 aromatic rings. The SMILES string of the molecule is CC(C)(O)C#Cc1ccc(C(=O)O)cn1. The number of hydrogen-bond acceptors (Lipinski definition) is 3. The number of aliphatic hydroxyl groups is 1. The van der Waals surface area contributed by atoms with E-state index in [-0.39, 0.29) is 5.56 Å². The summed E-state index contributed by atoms with van der Waals surface area (Å²) in [4.78, 5) is 14.4. The Morgan fingerprint density at radius 1 is 1.47 bits per heavy atom. The zero-order valence-corrected chi connectivity index (χ0v) is 8.48. The number of carboxylic acid groups (broad SMARTS) is 1. The molecule has 0 fully saturated rings. The average molecular weight is 205 g/mol. The van der Waals surface area contributed by atoms with E-state index in [0.29, 0.717) is 5.69 Å². The standard InChI is InChI=1S/C11H11NO3/c1-11(2,15)6-5-9-4-3-8(7-12-9)10(13)14/h3-4,7,15H,1-2H3,(H,13,14). The van der Waals surface area contributed by atoms with E-state index in [4.69, 9.17) is 5.11 Å². The molecule has 0 saturated heterocycles. The summed E-state index contributed by atoms with van der Waals surface area (Å²) in [6.45, 7) is 3.12. The summed E-state index contributed by atoms with van der Waals surface area (Å²) in [5, 5.41) is 17.9. The first-order valence-corrected chi connectivity index (χ1v) is 4.33. The molecule has 1 heterocycles. The van der Waals surface area contributed by atoms with Crippen molar-refractivity contribution in [2.75, 3.05) is 0 Å². The molecule has 4 nitrogen and oxygen atoms in total. The van der Waals surface area contributed by atoms with Crippen molar-refractivity contribution in [3.63, 3.8) is 0 Å². The molecule has 15 heavy (non-hydrogen) atoms. The van der Waals surface area contributed by atoms with E-state index in [1.54, 1.807) is 13.8 Å². The number of hydrogen-bond donors (Lipinski definition) is 2. The number of aromatic nitrogens is 1. The molecule has 78 valence electrons. The van der Waals surface area contributed by atoms with Crippen LogP contribution in [0.5, 0.6) is 0 Å². The Balaban J connectivity index is 2.89. The number of carbonyl (C=O) groups is 1. The molecule has 1 rings (SSSR count). The van der Waals surface area contributed by atoms with Crippen molar-refractivity contribution in [3.05, 3.63) is 29.6 Å². The Morgan fingerprint density at radius 3 is 2.53 bits per heavy atom. The van der Waals surface area contributed by atoms with Gasteiger partial charge in [0.05, 0.1) is 5.56 Å². The Morgan fingerprint density at radius 2 is 2.13 bits per heavy atom. The molecule has 0 unspecified atom stereocenters. The van der Waals surface area contributed by atoms with E-state index in [1.807, 2.05) is 0 Å². The second-order valence-corrected chi connectivity index (χ2v) is 3.55. The predicted octanol–water partition coefficient (Wildman–Crippen LogP) is 0.902. The predicted molar refractivity (Wildman–Crippen MR) is 54.4 cm³/mol. The molecule has 0 atom stereocenters. The number of pyridine rings is 1. The molecule has 1 aromatic heterocycles. The largest absolute Gasteiger partial charge is 0.478 e. The fraction of sp³-hybridized carbons (Fsp3) is 0.273. The molecule has 0 saturated carbocycles. The third-order valence-electron chi connectivity index (χ3n) is 1.51. The van der Waals surface area contributed by atoms with Gasteiger partial charge in [-0.3, -0.25) is 0 Å². The zero-order chi connectivity index (χ0) is 11.5. The van der Waals surface area contributed by atoms with Crippen LogP contribution in [0.2, 0.25) is 0 Å². The summed E-state index contributed by atoms with van der Waals surface area (Å²) in [7, 11) is 0. The van der Waals surface area contributed by atoms with Crippen LogP contribution in [0.25, 0.3) is 0 Å². The normalized spacial score (nSPS) is 10.3. The van der Waals surface area contributed by atoms with Gasteiger partial charge in [-0.05, 0) is 31.9 Å². The molecular weight excluding hydrogens is 194 g/mol. The first-order chi connectivity index (χ1) is 6.88. The van der Waals surface area contributed by atoms with Crippen molar-refractivity contribution in [2.24, 2.45) is 0 Å². The lowest BCUT2D eigenvalue weighted by molar-refractivity contribution is 0.0696. The maximum absolute atomic E-state index is 10.5. The zero-order valence-electron chi connectivity index (χ0n) is 8.48. The minimum absolute atomic E-state index is 0.115. The van der Waals surface area contributed by atoms with Crippen molar-refractivity contribution in [1.82, 2.24) is 4.98 Å². The molecule has 0 bridgehead atoms. The van der Waals surface area contributed by atoms with Crippen LogP contribution in [-0.2, 0) is 0 Å². The van der Waals surface area contributed by atoms with E-state index >= 15 is 0 Å². The van der Waals surface area contributed by atoms with Gasteiger partial charge in [0.25, 0.3) is 0 Å². The highest BCUT2D eigenvalue weighted by atomic mass is 16.4. The van der Waals surface area contributed by atoms with Crippen LogP contribution >= 0.6 is 0 Å². The van der Waals surface area contributed by atoms with Gasteiger partial charge in [-0.2, -0.15) is 0 Å².